The van der Waals surface area contributed by atoms with Crippen molar-refractivity contribution in [3.8, 4) is 0 Å². The number of carbonyl (C=O) groups is 2. The molecule has 4 unspecified atom stereocenters. The molecule has 0 aromatic carbocycles. The molecule has 1 saturated carbocycles. The van der Waals surface area contributed by atoms with Gasteiger partial charge in [-0.3, -0.25) is 14.6 Å². The summed E-state index contributed by atoms with van der Waals surface area (Å²) in [6, 6.07) is 3.31. The minimum atomic E-state index is -0.417. The molecule has 3 heterocycles. The summed E-state index contributed by atoms with van der Waals surface area (Å²) in [5.74, 6) is -0.177. The van der Waals surface area contributed by atoms with Gasteiger partial charge >= 0.3 is 0 Å². The van der Waals surface area contributed by atoms with Gasteiger partial charge in [-0.15, -0.1) is 11.6 Å². The summed E-state index contributed by atoms with van der Waals surface area (Å²) < 4.78 is 6.11. The highest BCUT2D eigenvalue weighted by molar-refractivity contribution is 6.21. The fourth-order valence-electron chi connectivity index (χ4n) is 4.29. The van der Waals surface area contributed by atoms with Crippen LogP contribution < -0.4 is 0 Å². The highest BCUT2D eigenvalue weighted by Gasteiger charge is 2.52. The van der Waals surface area contributed by atoms with Crippen LogP contribution in [-0.4, -0.2) is 65.1 Å². The monoisotopic (exact) mass is 389 g/mol. The first kappa shape index (κ1) is 18.4. The van der Waals surface area contributed by atoms with Gasteiger partial charge in [-0.05, 0) is 51.1 Å². The van der Waals surface area contributed by atoms with Crippen LogP contribution in [0.25, 0.3) is 0 Å². The number of ketones is 1. The Morgan fingerprint density at radius 1 is 1.26 bits per heavy atom. The summed E-state index contributed by atoms with van der Waals surface area (Å²) in [5.41, 5.74) is 1.38. The Bertz CT molecular complexity index is 780. The van der Waals surface area contributed by atoms with E-state index >= 15 is 0 Å². The number of alkyl halides is 1. The molecule has 1 fully saturated rings. The summed E-state index contributed by atoms with van der Waals surface area (Å²) in [7, 11) is 3.93. The van der Waals surface area contributed by atoms with Crippen molar-refractivity contribution in [2.75, 3.05) is 27.2 Å². The normalized spacial score (nSPS) is 30.4. The molecule has 1 amide bonds. The Hall–Kier alpha value is -1.92. The fraction of sp³-hybridized carbons (Fsp3) is 0.550. The number of rotatable bonds is 4. The van der Waals surface area contributed by atoms with E-state index in [0.29, 0.717) is 31.5 Å². The van der Waals surface area contributed by atoms with Crippen molar-refractivity contribution < 1.29 is 14.3 Å². The van der Waals surface area contributed by atoms with E-state index in [1.54, 1.807) is 17.3 Å². The maximum atomic E-state index is 13.4. The number of fused-ring (bicyclic) bond motifs is 1. The summed E-state index contributed by atoms with van der Waals surface area (Å²) in [5, 5.41) is -0.0118. The molecule has 7 heteroatoms. The molecule has 4 atom stereocenters. The molecule has 4 rings (SSSR count). The average Bonchev–Trinajstić information content (AvgIpc) is 2.94. The number of nitrogens with zero attached hydrogens (tertiary/aromatic N) is 3. The number of ether oxygens (including phenoxy) is 1. The number of carbonyl (C=O) groups excluding carboxylic acids is 2. The van der Waals surface area contributed by atoms with Crippen LogP contribution in [0.4, 0.5) is 0 Å². The predicted octanol–water partition coefficient (Wildman–Crippen LogP) is 2.16. The number of likely N-dealkylation sites (N-methyl/N-ethyl adjacent to an activating group) is 1. The van der Waals surface area contributed by atoms with E-state index in [1.807, 2.05) is 31.1 Å². The summed E-state index contributed by atoms with van der Waals surface area (Å²) >= 11 is 6.33. The van der Waals surface area contributed by atoms with E-state index in [1.165, 1.54) is 0 Å². The molecule has 1 aromatic heterocycles. The molecule has 1 aromatic rings. The molecule has 0 radical (unpaired) electrons. The van der Waals surface area contributed by atoms with Crippen LogP contribution in [0.3, 0.4) is 0 Å². The quantitative estimate of drug-likeness (QED) is 0.738. The zero-order valence-corrected chi connectivity index (χ0v) is 16.4. The van der Waals surface area contributed by atoms with Crippen molar-refractivity contribution in [3.05, 3.63) is 41.4 Å². The van der Waals surface area contributed by atoms with Crippen LogP contribution in [0.2, 0.25) is 0 Å². The number of halogens is 1. The third kappa shape index (κ3) is 3.25. The van der Waals surface area contributed by atoms with E-state index in [9.17, 15) is 9.59 Å². The van der Waals surface area contributed by atoms with Crippen molar-refractivity contribution >= 4 is 23.3 Å². The highest BCUT2D eigenvalue weighted by Crippen LogP contribution is 2.47. The molecule has 2 aliphatic heterocycles. The number of aromatic nitrogens is 1. The van der Waals surface area contributed by atoms with Gasteiger partial charge in [-0.25, -0.2) is 0 Å². The van der Waals surface area contributed by atoms with Gasteiger partial charge in [0, 0.05) is 30.9 Å². The summed E-state index contributed by atoms with van der Waals surface area (Å²) in [6.45, 7) is 1.23. The second kappa shape index (κ2) is 7.24. The standard InChI is InChI=1S/C20H24ClN3O3/c1-23(2)9-10-24-17(12-5-7-22-8-6-12)16-18(25)14-11-13(21)3-4-15(14)27-19(16)20(24)26/h5-8,13-15,17H,3-4,9-11H2,1-2H3. The zero-order chi connectivity index (χ0) is 19.1. The SMILES string of the molecule is CN(C)CCN1C(=O)C2=C(C(=O)C3CC(Cl)CCC3O2)C1c1ccncc1. The molecule has 3 aliphatic rings. The predicted molar refractivity (Wildman–Crippen MR) is 101 cm³/mol. The Kier molecular flexibility index (Phi) is 4.95. The second-order valence-corrected chi connectivity index (χ2v) is 8.38. The Labute approximate surface area is 164 Å². The Morgan fingerprint density at radius 3 is 2.70 bits per heavy atom. The molecule has 6 nitrogen and oxygen atoms in total. The van der Waals surface area contributed by atoms with E-state index in [4.69, 9.17) is 16.3 Å². The lowest BCUT2D eigenvalue weighted by Crippen LogP contribution is -2.41. The maximum Gasteiger partial charge on any atom is 0.290 e. The number of hydrogen-bond donors (Lipinski definition) is 0. The highest BCUT2D eigenvalue weighted by atomic mass is 35.5. The van der Waals surface area contributed by atoms with E-state index in [2.05, 4.69) is 4.98 Å². The van der Waals surface area contributed by atoms with Gasteiger partial charge < -0.3 is 14.5 Å². The van der Waals surface area contributed by atoms with Crippen LogP contribution in [0.1, 0.15) is 30.9 Å². The number of amides is 1. The topological polar surface area (TPSA) is 62.7 Å². The van der Waals surface area contributed by atoms with Gasteiger partial charge in [-0.1, -0.05) is 0 Å². The van der Waals surface area contributed by atoms with Crippen LogP contribution in [-0.2, 0) is 14.3 Å². The molecular weight excluding hydrogens is 366 g/mol. The lowest BCUT2D eigenvalue weighted by Gasteiger charge is -2.37. The Morgan fingerprint density at radius 2 is 2.00 bits per heavy atom. The summed E-state index contributed by atoms with van der Waals surface area (Å²) in [6.07, 6.45) is 5.28. The summed E-state index contributed by atoms with van der Waals surface area (Å²) in [4.78, 5) is 34.4. The smallest absolute Gasteiger partial charge is 0.290 e. The molecule has 0 spiro atoms. The lowest BCUT2D eigenvalue weighted by atomic mass is 9.77. The molecule has 0 saturated heterocycles. The van der Waals surface area contributed by atoms with E-state index < -0.39 is 6.04 Å². The lowest BCUT2D eigenvalue weighted by molar-refractivity contribution is -0.135. The van der Waals surface area contributed by atoms with Crippen molar-refractivity contribution in [1.29, 1.82) is 0 Å². The van der Waals surface area contributed by atoms with Crippen LogP contribution in [0.15, 0.2) is 35.9 Å². The molecule has 144 valence electrons. The minimum absolute atomic E-state index is 0.0118. The van der Waals surface area contributed by atoms with Crippen molar-refractivity contribution in [2.45, 2.75) is 36.8 Å². The minimum Gasteiger partial charge on any atom is -0.483 e. The first-order chi connectivity index (χ1) is 13.0. The molecular formula is C20H24ClN3O3. The van der Waals surface area contributed by atoms with Crippen molar-refractivity contribution in [2.24, 2.45) is 5.92 Å². The maximum absolute atomic E-state index is 13.4. The van der Waals surface area contributed by atoms with Gasteiger partial charge in [-0.2, -0.15) is 0 Å². The number of pyridine rings is 1. The van der Waals surface area contributed by atoms with Crippen molar-refractivity contribution in [1.82, 2.24) is 14.8 Å². The fourth-order valence-corrected chi connectivity index (χ4v) is 4.61. The third-order valence-corrected chi connectivity index (χ3v) is 6.09. The van der Waals surface area contributed by atoms with Gasteiger partial charge in [0.1, 0.15) is 6.10 Å². The average molecular weight is 390 g/mol. The van der Waals surface area contributed by atoms with Gasteiger partial charge in [0.15, 0.2) is 11.5 Å². The largest absolute Gasteiger partial charge is 0.483 e. The van der Waals surface area contributed by atoms with Gasteiger partial charge in [0.05, 0.1) is 17.5 Å². The van der Waals surface area contributed by atoms with Crippen LogP contribution in [0.5, 0.6) is 0 Å². The number of hydrogen-bond acceptors (Lipinski definition) is 5. The molecule has 1 aliphatic carbocycles. The van der Waals surface area contributed by atoms with Crippen molar-refractivity contribution in [3.63, 3.8) is 0 Å². The van der Waals surface area contributed by atoms with Gasteiger partial charge in [0.25, 0.3) is 5.91 Å². The van der Waals surface area contributed by atoms with E-state index in [-0.39, 0.29) is 34.8 Å². The first-order valence-corrected chi connectivity index (χ1v) is 9.85. The van der Waals surface area contributed by atoms with Crippen LogP contribution >= 0.6 is 11.6 Å². The molecule has 27 heavy (non-hydrogen) atoms. The first-order valence-electron chi connectivity index (χ1n) is 9.42. The van der Waals surface area contributed by atoms with E-state index in [0.717, 1.165) is 12.0 Å². The van der Waals surface area contributed by atoms with Crippen LogP contribution in [0, 0.1) is 5.92 Å². The third-order valence-electron chi connectivity index (χ3n) is 5.69. The molecule has 0 N–H and O–H groups in total. The number of Topliss-reactive ketones (excluding diaryl/α,β-unsaturated/α-hetero) is 1. The van der Waals surface area contributed by atoms with Gasteiger partial charge in [0.2, 0.25) is 0 Å². The second-order valence-electron chi connectivity index (χ2n) is 7.77. The molecule has 0 bridgehead atoms. The zero-order valence-electron chi connectivity index (χ0n) is 15.6. The Balaban J connectivity index is 1.73.